The van der Waals surface area contributed by atoms with Crippen molar-refractivity contribution in [3.05, 3.63) is 71.3 Å². The van der Waals surface area contributed by atoms with E-state index in [9.17, 15) is 5.11 Å². The molecule has 0 spiro atoms. The number of aliphatic hydroxyl groups is 1. The third-order valence-electron chi connectivity index (χ3n) is 5.11. The van der Waals surface area contributed by atoms with Crippen LogP contribution in [0.15, 0.2) is 54.6 Å². The summed E-state index contributed by atoms with van der Waals surface area (Å²) in [7, 11) is 0. The summed E-state index contributed by atoms with van der Waals surface area (Å²) < 4.78 is 0. The van der Waals surface area contributed by atoms with Crippen molar-refractivity contribution in [1.82, 2.24) is 10.2 Å². The van der Waals surface area contributed by atoms with Gasteiger partial charge in [-0.3, -0.25) is 4.90 Å². The highest BCUT2D eigenvalue weighted by Crippen LogP contribution is 2.24. The SMILES string of the molecule is Cc1ccc(C(O)CNC2CCN(C(C)c3ccccc3)C2)cc1. The Hall–Kier alpha value is -1.68. The summed E-state index contributed by atoms with van der Waals surface area (Å²) in [5.74, 6) is 0. The van der Waals surface area contributed by atoms with Gasteiger partial charge in [0.1, 0.15) is 0 Å². The van der Waals surface area contributed by atoms with Crippen LogP contribution in [0.25, 0.3) is 0 Å². The Labute approximate surface area is 145 Å². The first kappa shape index (κ1) is 17.2. The molecule has 0 amide bonds. The average Bonchev–Trinajstić information content (AvgIpc) is 3.09. The van der Waals surface area contributed by atoms with Crippen LogP contribution < -0.4 is 5.32 Å². The predicted octanol–water partition coefficient (Wildman–Crippen LogP) is 3.45. The third-order valence-corrected chi connectivity index (χ3v) is 5.11. The summed E-state index contributed by atoms with van der Waals surface area (Å²) in [5, 5.41) is 13.9. The van der Waals surface area contributed by atoms with Gasteiger partial charge in [-0.05, 0) is 31.4 Å². The predicted molar refractivity (Wildman–Crippen MR) is 99.0 cm³/mol. The molecule has 0 radical (unpaired) electrons. The van der Waals surface area contributed by atoms with Gasteiger partial charge in [0.15, 0.2) is 0 Å². The molecule has 3 unspecified atom stereocenters. The number of hydrogen-bond donors (Lipinski definition) is 2. The maximum absolute atomic E-state index is 10.3. The molecule has 0 aromatic heterocycles. The number of aryl methyl sites for hydroxylation is 1. The van der Waals surface area contributed by atoms with Crippen molar-refractivity contribution >= 4 is 0 Å². The quantitative estimate of drug-likeness (QED) is 0.854. The molecule has 24 heavy (non-hydrogen) atoms. The maximum Gasteiger partial charge on any atom is 0.0914 e. The Bertz CT molecular complexity index is 626. The molecule has 128 valence electrons. The van der Waals surface area contributed by atoms with E-state index in [1.807, 2.05) is 12.1 Å². The van der Waals surface area contributed by atoms with E-state index in [-0.39, 0.29) is 0 Å². The number of nitrogens with one attached hydrogen (secondary N) is 1. The summed E-state index contributed by atoms with van der Waals surface area (Å²) >= 11 is 0. The van der Waals surface area contributed by atoms with Gasteiger partial charge in [-0.25, -0.2) is 0 Å². The van der Waals surface area contributed by atoms with Crippen molar-refractivity contribution in [2.24, 2.45) is 0 Å². The van der Waals surface area contributed by atoms with E-state index < -0.39 is 6.10 Å². The number of rotatable bonds is 6. The van der Waals surface area contributed by atoms with Crippen LogP contribution >= 0.6 is 0 Å². The zero-order chi connectivity index (χ0) is 16.9. The minimum atomic E-state index is -0.439. The van der Waals surface area contributed by atoms with Crippen LogP contribution in [0.3, 0.4) is 0 Å². The Balaban J connectivity index is 1.48. The molecule has 3 rings (SSSR count). The van der Waals surface area contributed by atoms with Crippen LogP contribution in [0.2, 0.25) is 0 Å². The van der Waals surface area contributed by atoms with Gasteiger partial charge >= 0.3 is 0 Å². The number of likely N-dealkylation sites (tertiary alicyclic amines) is 1. The smallest absolute Gasteiger partial charge is 0.0914 e. The molecule has 3 atom stereocenters. The van der Waals surface area contributed by atoms with Crippen LogP contribution in [-0.2, 0) is 0 Å². The van der Waals surface area contributed by atoms with E-state index in [0.717, 1.165) is 25.1 Å². The molecule has 0 saturated carbocycles. The van der Waals surface area contributed by atoms with Crippen LogP contribution in [0.4, 0.5) is 0 Å². The molecule has 2 N–H and O–H groups in total. The molecule has 2 aromatic carbocycles. The van der Waals surface area contributed by atoms with Crippen molar-refractivity contribution < 1.29 is 5.11 Å². The zero-order valence-electron chi connectivity index (χ0n) is 14.7. The van der Waals surface area contributed by atoms with Crippen LogP contribution in [0.1, 0.15) is 42.2 Å². The van der Waals surface area contributed by atoms with E-state index in [4.69, 9.17) is 0 Å². The van der Waals surface area contributed by atoms with Gasteiger partial charge in [-0.2, -0.15) is 0 Å². The van der Waals surface area contributed by atoms with Gasteiger partial charge in [-0.1, -0.05) is 60.2 Å². The lowest BCUT2D eigenvalue weighted by molar-refractivity contribution is 0.168. The monoisotopic (exact) mass is 324 g/mol. The minimum Gasteiger partial charge on any atom is -0.387 e. The first-order valence-corrected chi connectivity index (χ1v) is 8.90. The Morgan fingerprint density at radius 1 is 1.08 bits per heavy atom. The Morgan fingerprint density at radius 2 is 1.79 bits per heavy atom. The van der Waals surface area contributed by atoms with E-state index in [0.29, 0.717) is 18.6 Å². The molecule has 2 aromatic rings. The van der Waals surface area contributed by atoms with Crippen LogP contribution in [0.5, 0.6) is 0 Å². The molecule has 1 heterocycles. The lowest BCUT2D eigenvalue weighted by Crippen LogP contribution is -2.35. The van der Waals surface area contributed by atoms with Gasteiger partial charge in [0.05, 0.1) is 6.10 Å². The molecule has 1 aliphatic heterocycles. The summed E-state index contributed by atoms with van der Waals surface area (Å²) in [4.78, 5) is 2.52. The summed E-state index contributed by atoms with van der Waals surface area (Å²) in [5.41, 5.74) is 3.58. The highest BCUT2D eigenvalue weighted by Gasteiger charge is 2.26. The zero-order valence-corrected chi connectivity index (χ0v) is 14.7. The second-order valence-corrected chi connectivity index (χ2v) is 6.90. The van der Waals surface area contributed by atoms with E-state index in [2.05, 4.69) is 66.5 Å². The fourth-order valence-electron chi connectivity index (χ4n) is 3.43. The van der Waals surface area contributed by atoms with Gasteiger partial charge in [0, 0.05) is 31.7 Å². The van der Waals surface area contributed by atoms with Crippen molar-refractivity contribution in [3.8, 4) is 0 Å². The maximum atomic E-state index is 10.3. The molecule has 1 fully saturated rings. The average molecular weight is 324 g/mol. The Morgan fingerprint density at radius 3 is 2.50 bits per heavy atom. The number of hydrogen-bond acceptors (Lipinski definition) is 3. The first-order valence-electron chi connectivity index (χ1n) is 8.90. The van der Waals surface area contributed by atoms with Crippen LogP contribution in [0, 0.1) is 6.92 Å². The normalized spacial score (nSPS) is 20.9. The summed E-state index contributed by atoms with van der Waals surface area (Å²) in [6.45, 7) is 7.10. The van der Waals surface area contributed by atoms with Gasteiger partial charge in [-0.15, -0.1) is 0 Å². The largest absolute Gasteiger partial charge is 0.387 e. The van der Waals surface area contributed by atoms with Crippen molar-refractivity contribution in [3.63, 3.8) is 0 Å². The highest BCUT2D eigenvalue weighted by molar-refractivity contribution is 5.23. The molecule has 3 nitrogen and oxygen atoms in total. The van der Waals surface area contributed by atoms with Crippen LogP contribution in [-0.4, -0.2) is 35.7 Å². The standard InChI is InChI=1S/C21H28N2O/c1-16-8-10-19(11-9-16)21(24)14-22-20-12-13-23(15-20)17(2)18-6-4-3-5-7-18/h3-11,17,20-22,24H,12-15H2,1-2H3. The minimum absolute atomic E-state index is 0.439. The lowest BCUT2D eigenvalue weighted by Gasteiger charge is -2.25. The molecular weight excluding hydrogens is 296 g/mol. The van der Waals surface area contributed by atoms with Crippen molar-refractivity contribution in [2.45, 2.75) is 38.5 Å². The number of aliphatic hydroxyl groups excluding tert-OH is 1. The fourth-order valence-corrected chi connectivity index (χ4v) is 3.43. The Kier molecular flexibility index (Phi) is 5.67. The van der Waals surface area contributed by atoms with Crippen molar-refractivity contribution in [1.29, 1.82) is 0 Å². The first-order chi connectivity index (χ1) is 11.6. The molecule has 1 aliphatic rings. The molecule has 0 aliphatic carbocycles. The van der Waals surface area contributed by atoms with Gasteiger partial charge in [0.25, 0.3) is 0 Å². The highest BCUT2D eigenvalue weighted by atomic mass is 16.3. The van der Waals surface area contributed by atoms with Crippen molar-refractivity contribution in [2.75, 3.05) is 19.6 Å². The summed E-state index contributed by atoms with van der Waals surface area (Å²) in [6, 6.07) is 19.7. The fraction of sp³-hybridized carbons (Fsp3) is 0.429. The van der Waals surface area contributed by atoms with Gasteiger partial charge < -0.3 is 10.4 Å². The third kappa shape index (κ3) is 4.23. The molecule has 1 saturated heterocycles. The van der Waals surface area contributed by atoms with E-state index in [1.165, 1.54) is 11.1 Å². The molecule has 0 bridgehead atoms. The summed E-state index contributed by atoms with van der Waals surface area (Å²) in [6.07, 6.45) is 0.698. The second-order valence-electron chi connectivity index (χ2n) is 6.90. The number of benzene rings is 2. The van der Waals surface area contributed by atoms with Gasteiger partial charge in [0.2, 0.25) is 0 Å². The second kappa shape index (κ2) is 7.93. The molecule has 3 heteroatoms. The number of nitrogens with zero attached hydrogens (tertiary/aromatic N) is 1. The topological polar surface area (TPSA) is 35.5 Å². The van der Waals surface area contributed by atoms with E-state index >= 15 is 0 Å². The lowest BCUT2D eigenvalue weighted by atomic mass is 10.1. The molecular formula is C21H28N2O. The van der Waals surface area contributed by atoms with E-state index in [1.54, 1.807) is 0 Å².